The molecular weight excluding hydrogens is 288 g/mol. The van der Waals surface area contributed by atoms with Crippen molar-refractivity contribution in [2.45, 2.75) is 58.3 Å². The summed E-state index contributed by atoms with van der Waals surface area (Å²) in [5.74, 6) is -1.46. The van der Waals surface area contributed by atoms with Crippen LogP contribution < -0.4 is 0 Å². The number of cyclic esters (lactones) is 3. The van der Waals surface area contributed by atoms with Gasteiger partial charge in [-0.25, -0.2) is 9.59 Å². The van der Waals surface area contributed by atoms with E-state index in [9.17, 15) is 14.4 Å². The molecular formula is C16H22O6. The third-order valence-electron chi connectivity index (χ3n) is 2.87. The van der Waals surface area contributed by atoms with Crippen LogP contribution in [0.1, 0.15) is 40.0 Å². The molecule has 0 spiro atoms. The van der Waals surface area contributed by atoms with E-state index in [0.717, 1.165) is 0 Å². The molecule has 22 heavy (non-hydrogen) atoms. The van der Waals surface area contributed by atoms with Crippen LogP contribution in [0, 0.1) is 0 Å². The molecule has 0 amide bonds. The summed E-state index contributed by atoms with van der Waals surface area (Å²) in [4.78, 5) is 34.7. The fourth-order valence-electron chi connectivity index (χ4n) is 1.83. The van der Waals surface area contributed by atoms with Gasteiger partial charge in [0.15, 0.2) is 0 Å². The molecule has 0 N–H and O–H groups in total. The van der Waals surface area contributed by atoms with E-state index in [1.807, 2.05) is 0 Å². The highest BCUT2D eigenvalue weighted by molar-refractivity contribution is 5.83. The molecule has 6 heteroatoms. The van der Waals surface area contributed by atoms with Gasteiger partial charge < -0.3 is 14.2 Å². The summed E-state index contributed by atoms with van der Waals surface area (Å²) >= 11 is 0. The second-order valence-corrected chi connectivity index (χ2v) is 5.28. The van der Waals surface area contributed by atoms with Crippen molar-refractivity contribution in [3.63, 3.8) is 0 Å². The van der Waals surface area contributed by atoms with Gasteiger partial charge in [-0.05, 0) is 20.8 Å². The molecule has 1 heterocycles. The van der Waals surface area contributed by atoms with E-state index in [0.29, 0.717) is 12.8 Å². The van der Waals surface area contributed by atoms with Crippen LogP contribution in [0.3, 0.4) is 0 Å². The molecule has 0 bridgehead atoms. The summed E-state index contributed by atoms with van der Waals surface area (Å²) in [6.45, 7) is 5.08. The Kier molecular flexibility index (Phi) is 7.36. The molecule has 1 aliphatic heterocycles. The maximum absolute atomic E-state index is 11.7. The van der Waals surface area contributed by atoms with E-state index in [-0.39, 0.29) is 18.6 Å². The van der Waals surface area contributed by atoms with Crippen LogP contribution in [-0.2, 0) is 28.6 Å². The van der Waals surface area contributed by atoms with Crippen LogP contribution in [0.2, 0.25) is 0 Å². The lowest BCUT2D eigenvalue weighted by atomic mass is 10.2. The normalized spacial score (nSPS) is 31.6. The summed E-state index contributed by atoms with van der Waals surface area (Å²) < 4.78 is 15.4. The molecule has 1 unspecified atom stereocenters. The highest BCUT2D eigenvalue weighted by atomic mass is 16.6. The molecule has 0 aromatic rings. The zero-order valence-electron chi connectivity index (χ0n) is 13.1. The molecule has 122 valence electrons. The van der Waals surface area contributed by atoms with Gasteiger partial charge in [0, 0.05) is 25.0 Å². The zero-order valence-corrected chi connectivity index (χ0v) is 13.1. The Labute approximate surface area is 130 Å². The van der Waals surface area contributed by atoms with Crippen LogP contribution in [0.25, 0.3) is 0 Å². The van der Waals surface area contributed by atoms with Crippen LogP contribution in [0.4, 0.5) is 0 Å². The van der Waals surface area contributed by atoms with Crippen LogP contribution >= 0.6 is 0 Å². The van der Waals surface area contributed by atoms with E-state index in [2.05, 4.69) is 0 Å². The average molecular weight is 310 g/mol. The van der Waals surface area contributed by atoms with E-state index >= 15 is 0 Å². The molecule has 0 aliphatic carbocycles. The Morgan fingerprint density at radius 3 is 1.77 bits per heavy atom. The number of rotatable bonds is 0. The molecule has 0 aromatic heterocycles. The first-order chi connectivity index (χ1) is 10.4. The predicted molar refractivity (Wildman–Crippen MR) is 78.8 cm³/mol. The van der Waals surface area contributed by atoms with Crippen molar-refractivity contribution in [3.05, 3.63) is 24.3 Å². The molecule has 0 saturated heterocycles. The first-order valence-corrected chi connectivity index (χ1v) is 7.30. The molecule has 1 aliphatic rings. The first kappa shape index (κ1) is 17.9. The predicted octanol–water partition coefficient (Wildman–Crippen LogP) is 2.08. The van der Waals surface area contributed by atoms with E-state index < -0.39 is 24.0 Å². The van der Waals surface area contributed by atoms with Crippen molar-refractivity contribution >= 4 is 17.9 Å². The fourth-order valence-corrected chi connectivity index (χ4v) is 1.83. The first-order valence-electron chi connectivity index (χ1n) is 7.30. The van der Waals surface area contributed by atoms with Crippen molar-refractivity contribution in [1.82, 2.24) is 0 Å². The van der Waals surface area contributed by atoms with Crippen molar-refractivity contribution in [3.8, 4) is 0 Å². The third-order valence-corrected chi connectivity index (χ3v) is 2.87. The SMILES string of the molecule is CC1CC(=O)O[C@@H](C)C/C=C/C(=O)O[C@H](C)C/C=C/C(=O)O1. The summed E-state index contributed by atoms with van der Waals surface area (Å²) in [6.07, 6.45) is 5.28. The Morgan fingerprint density at radius 1 is 0.773 bits per heavy atom. The van der Waals surface area contributed by atoms with Gasteiger partial charge in [0.1, 0.15) is 18.3 Å². The summed E-state index contributed by atoms with van der Waals surface area (Å²) in [5, 5.41) is 0. The van der Waals surface area contributed by atoms with Gasteiger partial charge in [-0.3, -0.25) is 4.79 Å². The molecule has 0 aromatic carbocycles. The van der Waals surface area contributed by atoms with Crippen molar-refractivity contribution in [2.24, 2.45) is 0 Å². The summed E-state index contributed by atoms with van der Waals surface area (Å²) in [6, 6.07) is 0. The van der Waals surface area contributed by atoms with E-state index in [4.69, 9.17) is 14.2 Å². The van der Waals surface area contributed by atoms with Gasteiger partial charge in [0.25, 0.3) is 0 Å². The van der Waals surface area contributed by atoms with Gasteiger partial charge in [0.05, 0.1) is 6.42 Å². The van der Waals surface area contributed by atoms with Crippen molar-refractivity contribution in [2.75, 3.05) is 0 Å². The Balaban J connectivity index is 2.73. The highest BCUT2D eigenvalue weighted by Gasteiger charge is 2.16. The minimum absolute atomic E-state index is 0.00786. The van der Waals surface area contributed by atoms with Gasteiger partial charge >= 0.3 is 17.9 Å². The molecule has 0 saturated carbocycles. The largest absolute Gasteiger partial charge is 0.462 e. The van der Waals surface area contributed by atoms with Crippen LogP contribution in [0.5, 0.6) is 0 Å². The Hall–Kier alpha value is -2.11. The number of hydrogen-bond donors (Lipinski definition) is 0. The van der Waals surface area contributed by atoms with Gasteiger partial charge in [-0.2, -0.15) is 0 Å². The second-order valence-electron chi connectivity index (χ2n) is 5.28. The van der Waals surface area contributed by atoms with Crippen molar-refractivity contribution < 1.29 is 28.6 Å². The number of carbonyl (C=O) groups excluding carboxylic acids is 3. The molecule has 0 fully saturated rings. The lowest BCUT2D eigenvalue weighted by molar-refractivity contribution is -0.154. The minimum atomic E-state index is -0.560. The third kappa shape index (κ3) is 7.61. The van der Waals surface area contributed by atoms with E-state index in [1.165, 1.54) is 12.2 Å². The van der Waals surface area contributed by atoms with Gasteiger partial charge in [-0.15, -0.1) is 0 Å². The minimum Gasteiger partial charge on any atom is -0.462 e. The van der Waals surface area contributed by atoms with Gasteiger partial charge in [0.2, 0.25) is 0 Å². The van der Waals surface area contributed by atoms with Crippen LogP contribution in [0.15, 0.2) is 24.3 Å². The fraction of sp³-hybridized carbons (Fsp3) is 0.562. The van der Waals surface area contributed by atoms with Crippen LogP contribution in [-0.4, -0.2) is 36.2 Å². The molecule has 1 rings (SSSR count). The highest BCUT2D eigenvalue weighted by Crippen LogP contribution is 2.07. The number of ether oxygens (including phenoxy) is 3. The number of hydrogen-bond acceptors (Lipinski definition) is 6. The summed E-state index contributed by atoms with van der Waals surface area (Å²) in [7, 11) is 0. The maximum Gasteiger partial charge on any atom is 0.330 e. The average Bonchev–Trinajstić information content (AvgIpc) is 2.36. The smallest absolute Gasteiger partial charge is 0.330 e. The molecule has 0 radical (unpaired) electrons. The molecule has 6 nitrogen and oxygen atoms in total. The number of esters is 3. The quantitative estimate of drug-likeness (QED) is 0.503. The monoisotopic (exact) mass is 310 g/mol. The standard InChI is InChI=1S/C16H22O6/c1-11-6-4-9-15(18)22-13(3)10-16(19)21-12(2)7-5-8-14(17)20-11/h4-5,8-9,11-13H,6-7,10H2,1-3H3/b8-5+,9-4+/t11-,12+,13?/m1/s1. The topological polar surface area (TPSA) is 78.9 Å². The zero-order chi connectivity index (χ0) is 16.5. The molecule has 3 atom stereocenters. The number of carbonyl (C=O) groups is 3. The lowest BCUT2D eigenvalue weighted by Gasteiger charge is -2.15. The van der Waals surface area contributed by atoms with E-state index in [1.54, 1.807) is 32.9 Å². The lowest BCUT2D eigenvalue weighted by Crippen LogP contribution is -2.22. The Morgan fingerprint density at radius 2 is 1.23 bits per heavy atom. The second kappa shape index (κ2) is 9.02. The Bertz CT molecular complexity index is 465. The van der Waals surface area contributed by atoms with Gasteiger partial charge in [-0.1, -0.05) is 12.2 Å². The van der Waals surface area contributed by atoms with Crippen molar-refractivity contribution in [1.29, 1.82) is 0 Å². The summed E-state index contributed by atoms with van der Waals surface area (Å²) in [5.41, 5.74) is 0. The maximum atomic E-state index is 11.7.